The van der Waals surface area contributed by atoms with E-state index in [1.807, 2.05) is 0 Å². The summed E-state index contributed by atoms with van der Waals surface area (Å²) in [4.78, 5) is 10.3. The summed E-state index contributed by atoms with van der Waals surface area (Å²) in [6, 6.07) is 0.168. The maximum Gasteiger partial charge on any atom is 0.303 e. The van der Waals surface area contributed by atoms with E-state index >= 15 is 0 Å². The Morgan fingerprint density at radius 1 is 0.538 bits per heavy atom. The molecule has 0 saturated heterocycles. The maximum atomic E-state index is 10.3. The highest BCUT2D eigenvalue weighted by molar-refractivity contribution is 5.66. The van der Waals surface area contributed by atoms with Crippen molar-refractivity contribution in [2.24, 2.45) is 0 Å². The van der Waals surface area contributed by atoms with Gasteiger partial charge < -0.3 is 20.6 Å². The van der Waals surface area contributed by atoms with E-state index in [-0.39, 0.29) is 19.3 Å². The Kier molecular flexibility index (Phi) is 38.8. The molecule has 0 aromatic carbocycles. The van der Waals surface area contributed by atoms with Crippen molar-refractivity contribution in [2.75, 3.05) is 19.8 Å². The molecule has 0 saturated carbocycles. The Hall–Kier alpha value is -0.650. The summed E-state index contributed by atoms with van der Waals surface area (Å²) >= 11 is 0. The summed E-state index contributed by atoms with van der Waals surface area (Å²) in [5.74, 6) is -0.653. The summed E-state index contributed by atoms with van der Waals surface area (Å²) in [6.07, 6.45) is 34.7. The lowest BCUT2D eigenvalue weighted by Gasteiger charge is -2.15. The smallest absolute Gasteiger partial charge is 0.303 e. The summed E-state index contributed by atoms with van der Waals surface area (Å²) in [6.45, 7) is 5.44. The van der Waals surface area contributed by atoms with E-state index in [4.69, 9.17) is 15.3 Å². The van der Waals surface area contributed by atoms with E-state index in [1.54, 1.807) is 0 Å². The molecule has 236 valence electrons. The lowest BCUT2D eigenvalue weighted by atomic mass is 10.0. The van der Waals surface area contributed by atoms with Crippen molar-refractivity contribution in [3.05, 3.63) is 0 Å². The number of rotatable bonds is 31. The number of carbonyl (C=O) groups is 1. The first-order chi connectivity index (χ1) is 19.1. The van der Waals surface area contributed by atoms with E-state index in [0.717, 1.165) is 19.3 Å². The molecule has 0 aliphatic carbocycles. The number of hydrogen-bond acceptors (Lipinski definition) is 4. The molecule has 0 aromatic rings. The number of unbranched alkanes of at least 4 members (excludes halogenated alkanes) is 23. The van der Waals surface area contributed by atoms with Crippen LogP contribution in [0.1, 0.15) is 187 Å². The molecule has 0 fully saturated rings. The average molecular weight is 558 g/mol. The molecule has 4 N–H and O–H groups in total. The topological polar surface area (TPSA) is 89.8 Å². The van der Waals surface area contributed by atoms with E-state index in [9.17, 15) is 4.79 Å². The third kappa shape index (κ3) is 39.6. The predicted molar refractivity (Wildman–Crippen MR) is 170 cm³/mol. The van der Waals surface area contributed by atoms with Crippen LogP contribution in [0.5, 0.6) is 0 Å². The van der Waals surface area contributed by atoms with Gasteiger partial charge in [0.2, 0.25) is 0 Å². The van der Waals surface area contributed by atoms with Gasteiger partial charge in [-0.15, -0.1) is 0 Å². The van der Waals surface area contributed by atoms with Gasteiger partial charge in [0.1, 0.15) is 0 Å². The van der Waals surface area contributed by atoms with E-state index < -0.39 is 5.97 Å². The number of hydrogen-bond donors (Lipinski definition) is 4. The highest BCUT2D eigenvalue weighted by Gasteiger charge is 2.05. The minimum Gasteiger partial charge on any atom is -0.481 e. The van der Waals surface area contributed by atoms with Crippen LogP contribution in [0.25, 0.3) is 0 Å². The highest BCUT2D eigenvalue weighted by atomic mass is 16.4. The molecule has 0 aromatic heterocycles. The van der Waals surface area contributed by atoms with Gasteiger partial charge in [-0.3, -0.25) is 4.79 Å². The number of aliphatic hydroxyl groups excluding tert-OH is 2. The van der Waals surface area contributed by atoms with Crippen molar-refractivity contribution in [1.29, 1.82) is 0 Å². The van der Waals surface area contributed by atoms with Gasteiger partial charge in [0, 0.05) is 19.0 Å². The van der Waals surface area contributed by atoms with Crippen molar-refractivity contribution in [2.45, 2.75) is 193 Å². The molecule has 0 spiro atoms. The predicted octanol–water partition coefficient (Wildman–Crippen LogP) is 9.57. The fourth-order valence-electron chi connectivity index (χ4n) is 5.05. The zero-order valence-electron chi connectivity index (χ0n) is 26.5. The Morgan fingerprint density at radius 3 is 1.18 bits per heavy atom. The van der Waals surface area contributed by atoms with E-state index in [2.05, 4.69) is 19.2 Å². The van der Waals surface area contributed by atoms with Crippen LogP contribution in [-0.2, 0) is 4.79 Å². The van der Waals surface area contributed by atoms with Gasteiger partial charge in [0.15, 0.2) is 0 Å². The first kappa shape index (κ1) is 40.5. The Balaban J connectivity index is 0. The normalized spacial score (nSPS) is 11.8. The second-order valence-electron chi connectivity index (χ2n) is 11.6. The van der Waals surface area contributed by atoms with Crippen LogP contribution in [0, 0.1) is 0 Å². The van der Waals surface area contributed by atoms with Gasteiger partial charge in [0.05, 0.1) is 13.2 Å². The standard InChI is InChI=1S/C18H36O2.C16H35NO2/c1-2-3-4-5-6-7-8-9-10-11-12-13-14-15-16-17-18(19)20;1-2-3-4-5-6-7-8-9-10-11-12-16(15-19)17-13-14-18/h2-17H2,1H3,(H,19,20);16-19H,2-15H2,1H3. The van der Waals surface area contributed by atoms with Crippen molar-refractivity contribution < 1.29 is 20.1 Å². The Labute approximate surface area is 244 Å². The minimum absolute atomic E-state index is 0.147. The molecule has 5 nitrogen and oxygen atoms in total. The van der Waals surface area contributed by atoms with Crippen molar-refractivity contribution >= 4 is 5.97 Å². The van der Waals surface area contributed by atoms with E-state index in [0.29, 0.717) is 13.0 Å². The van der Waals surface area contributed by atoms with Gasteiger partial charge in [-0.25, -0.2) is 0 Å². The van der Waals surface area contributed by atoms with Crippen molar-refractivity contribution in [3.63, 3.8) is 0 Å². The largest absolute Gasteiger partial charge is 0.481 e. The molecule has 0 aliphatic rings. The number of aliphatic hydroxyl groups is 2. The Morgan fingerprint density at radius 2 is 0.872 bits per heavy atom. The van der Waals surface area contributed by atoms with Crippen LogP contribution in [0.4, 0.5) is 0 Å². The fourth-order valence-corrected chi connectivity index (χ4v) is 5.05. The van der Waals surface area contributed by atoms with Gasteiger partial charge >= 0.3 is 5.97 Å². The number of aliphatic carboxylic acids is 1. The second-order valence-corrected chi connectivity index (χ2v) is 11.6. The van der Waals surface area contributed by atoms with Crippen LogP contribution < -0.4 is 5.32 Å². The molecule has 5 heteroatoms. The van der Waals surface area contributed by atoms with Gasteiger partial charge in [-0.1, -0.05) is 168 Å². The van der Waals surface area contributed by atoms with Crippen molar-refractivity contribution in [1.82, 2.24) is 5.32 Å². The molecule has 0 rings (SSSR count). The lowest BCUT2D eigenvalue weighted by molar-refractivity contribution is -0.137. The van der Waals surface area contributed by atoms with Crippen LogP contribution in [-0.4, -0.2) is 47.1 Å². The van der Waals surface area contributed by atoms with Crippen LogP contribution >= 0.6 is 0 Å². The molecule has 0 heterocycles. The summed E-state index contributed by atoms with van der Waals surface area (Å²) < 4.78 is 0. The third-order valence-corrected chi connectivity index (χ3v) is 7.67. The molecule has 1 atom stereocenters. The Bertz CT molecular complexity index is 447. The fraction of sp³-hybridized carbons (Fsp3) is 0.971. The molecule has 1 unspecified atom stereocenters. The molecule has 0 aliphatic heterocycles. The number of carboxylic acids is 1. The molecule has 0 amide bonds. The lowest BCUT2D eigenvalue weighted by Crippen LogP contribution is -2.34. The number of nitrogens with one attached hydrogen (secondary N) is 1. The quantitative estimate of drug-likeness (QED) is 0.0637. The van der Waals surface area contributed by atoms with Gasteiger partial charge in [0.25, 0.3) is 0 Å². The molecular formula is C34H71NO4. The summed E-state index contributed by atoms with van der Waals surface area (Å²) in [5, 5.41) is 29.5. The maximum absolute atomic E-state index is 10.3. The molecule has 0 bridgehead atoms. The number of carboxylic acid groups (broad SMARTS) is 1. The first-order valence-corrected chi connectivity index (χ1v) is 17.3. The molecule has 0 radical (unpaired) electrons. The van der Waals surface area contributed by atoms with Crippen LogP contribution in [0.15, 0.2) is 0 Å². The first-order valence-electron chi connectivity index (χ1n) is 17.3. The van der Waals surface area contributed by atoms with Crippen LogP contribution in [0.3, 0.4) is 0 Å². The van der Waals surface area contributed by atoms with Gasteiger partial charge in [-0.2, -0.15) is 0 Å². The summed E-state index contributed by atoms with van der Waals surface area (Å²) in [7, 11) is 0. The highest BCUT2D eigenvalue weighted by Crippen LogP contribution is 2.14. The SMILES string of the molecule is CCCCCCCCCCCCC(CO)NCCO.CCCCCCCCCCCCCCCCCC(=O)O. The molecular weight excluding hydrogens is 486 g/mol. The summed E-state index contributed by atoms with van der Waals surface area (Å²) in [5.41, 5.74) is 0. The van der Waals surface area contributed by atoms with Gasteiger partial charge in [-0.05, 0) is 12.8 Å². The third-order valence-electron chi connectivity index (χ3n) is 7.67. The van der Waals surface area contributed by atoms with Crippen molar-refractivity contribution in [3.8, 4) is 0 Å². The van der Waals surface area contributed by atoms with Crippen LogP contribution in [0.2, 0.25) is 0 Å². The minimum atomic E-state index is -0.653. The zero-order chi connectivity index (χ0) is 29.1. The second kappa shape index (κ2) is 37.4. The zero-order valence-corrected chi connectivity index (χ0v) is 26.5. The van der Waals surface area contributed by atoms with E-state index in [1.165, 1.54) is 148 Å². The molecule has 39 heavy (non-hydrogen) atoms. The monoisotopic (exact) mass is 558 g/mol. The average Bonchev–Trinajstić information content (AvgIpc) is 2.93.